The molecular weight excluding hydrogens is 366 g/mol. The van der Waals surface area contributed by atoms with Crippen LogP contribution in [0.15, 0.2) is 40.9 Å². The predicted octanol–water partition coefficient (Wildman–Crippen LogP) is 5.60. The van der Waals surface area contributed by atoms with Crippen molar-refractivity contribution in [1.82, 2.24) is 0 Å². The van der Waals surface area contributed by atoms with Crippen molar-refractivity contribution in [1.29, 1.82) is 0 Å². The van der Waals surface area contributed by atoms with Crippen LogP contribution in [0.3, 0.4) is 0 Å². The summed E-state index contributed by atoms with van der Waals surface area (Å²) in [4.78, 5) is 12.6. The first-order valence-electron chi connectivity index (χ1n) is 8.12. The van der Waals surface area contributed by atoms with Crippen molar-refractivity contribution in [3.8, 4) is 5.75 Å². The average Bonchev–Trinajstić information content (AvgIpc) is 2.51. The first-order chi connectivity index (χ1) is 11.3. The van der Waals surface area contributed by atoms with Gasteiger partial charge in [0.15, 0.2) is 6.10 Å². The minimum atomic E-state index is -0.594. The summed E-state index contributed by atoms with van der Waals surface area (Å²) in [5.74, 6) is 0.846. The van der Waals surface area contributed by atoms with Crippen LogP contribution in [0.5, 0.6) is 5.75 Å². The van der Waals surface area contributed by atoms with Gasteiger partial charge >= 0.3 is 0 Å². The van der Waals surface area contributed by atoms with E-state index in [0.717, 1.165) is 26.9 Å². The third kappa shape index (κ3) is 4.38. The monoisotopic (exact) mass is 389 g/mol. The third-order valence-electron chi connectivity index (χ3n) is 3.94. The quantitative estimate of drug-likeness (QED) is 0.722. The Balaban J connectivity index is 2.15. The summed E-state index contributed by atoms with van der Waals surface area (Å²) in [6, 6.07) is 11.9. The highest BCUT2D eigenvalue weighted by Gasteiger charge is 2.19. The van der Waals surface area contributed by atoms with Crippen molar-refractivity contribution in [2.24, 2.45) is 0 Å². The van der Waals surface area contributed by atoms with Gasteiger partial charge in [0.25, 0.3) is 5.91 Å². The first-order valence-corrected chi connectivity index (χ1v) is 8.92. The topological polar surface area (TPSA) is 38.3 Å². The van der Waals surface area contributed by atoms with Gasteiger partial charge < -0.3 is 10.1 Å². The molecule has 128 valence electrons. The van der Waals surface area contributed by atoms with Crippen molar-refractivity contribution in [3.63, 3.8) is 0 Å². The van der Waals surface area contributed by atoms with E-state index in [0.29, 0.717) is 11.7 Å². The van der Waals surface area contributed by atoms with E-state index in [9.17, 15) is 4.79 Å². The highest BCUT2D eigenvalue weighted by Crippen LogP contribution is 2.29. The fourth-order valence-electron chi connectivity index (χ4n) is 2.51. The number of para-hydroxylation sites is 1. The van der Waals surface area contributed by atoms with Crippen LogP contribution in [0, 0.1) is 13.8 Å². The molecule has 0 aliphatic carbocycles. The molecule has 0 fully saturated rings. The van der Waals surface area contributed by atoms with Crippen LogP contribution in [-0.4, -0.2) is 12.0 Å². The van der Waals surface area contributed by atoms with Gasteiger partial charge in [-0.25, -0.2) is 0 Å². The molecule has 3 nitrogen and oxygen atoms in total. The van der Waals surface area contributed by atoms with Gasteiger partial charge in [-0.1, -0.05) is 38.1 Å². The number of aryl methyl sites for hydroxylation is 2. The fourth-order valence-corrected chi connectivity index (χ4v) is 3.10. The van der Waals surface area contributed by atoms with Gasteiger partial charge in [-0.15, -0.1) is 0 Å². The predicted molar refractivity (Wildman–Crippen MR) is 103 cm³/mol. The second kappa shape index (κ2) is 7.84. The molecule has 0 aliphatic heterocycles. The van der Waals surface area contributed by atoms with Gasteiger partial charge in [0.1, 0.15) is 5.75 Å². The van der Waals surface area contributed by atoms with Gasteiger partial charge in [-0.2, -0.15) is 0 Å². The minimum absolute atomic E-state index is 0.154. The normalized spacial score (nSPS) is 12.1. The Kier molecular flexibility index (Phi) is 6.05. The summed E-state index contributed by atoms with van der Waals surface area (Å²) < 4.78 is 6.66. The number of hydrogen-bond donors (Lipinski definition) is 1. The average molecular weight is 390 g/mol. The smallest absolute Gasteiger partial charge is 0.265 e. The first kappa shape index (κ1) is 18.5. The molecule has 4 heteroatoms. The van der Waals surface area contributed by atoms with Gasteiger partial charge in [0, 0.05) is 5.69 Å². The van der Waals surface area contributed by atoms with Crippen molar-refractivity contribution < 1.29 is 9.53 Å². The highest BCUT2D eigenvalue weighted by atomic mass is 79.9. The van der Waals surface area contributed by atoms with Crippen LogP contribution in [0.1, 0.15) is 43.4 Å². The number of anilines is 1. The van der Waals surface area contributed by atoms with Crippen molar-refractivity contribution in [3.05, 3.63) is 57.6 Å². The lowest BCUT2D eigenvalue weighted by atomic mass is 9.98. The molecule has 1 atom stereocenters. The Morgan fingerprint density at radius 3 is 2.46 bits per heavy atom. The van der Waals surface area contributed by atoms with Crippen molar-refractivity contribution >= 4 is 27.5 Å². The summed E-state index contributed by atoms with van der Waals surface area (Å²) in [5.41, 5.74) is 4.20. The zero-order chi connectivity index (χ0) is 17.9. The zero-order valence-electron chi connectivity index (χ0n) is 14.8. The summed E-state index contributed by atoms with van der Waals surface area (Å²) in [6.07, 6.45) is -0.594. The Labute approximate surface area is 152 Å². The van der Waals surface area contributed by atoms with E-state index >= 15 is 0 Å². The van der Waals surface area contributed by atoms with Crippen LogP contribution < -0.4 is 10.1 Å². The molecule has 0 aromatic heterocycles. The summed E-state index contributed by atoms with van der Waals surface area (Å²) in [7, 11) is 0. The molecule has 2 aromatic carbocycles. The Bertz CT molecular complexity index is 740. The van der Waals surface area contributed by atoms with Crippen LogP contribution >= 0.6 is 15.9 Å². The molecule has 1 unspecified atom stereocenters. The lowest BCUT2D eigenvalue weighted by Crippen LogP contribution is -2.31. The molecule has 2 aromatic rings. The Morgan fingerprint density at radius 2 is 1.83 bits per heavy atom. The van der Waals surface area contributed by atoms with Crippen LogP contribution in [0.25, 0.3) is 0 Å². The second-order valence-corrected chi connectivity index (χ2v) is 7.23. The van der Waals surface area contributed by atoms with Crippen LogP contribution in [-0.2, 0) is 4.79 Å². The maximum absolute atomic E-state index is 12.6. The molecular formula is C20H24BrNO2. The lowest BCUT2D eigenvalue weighted by Gasteiger charge is -2.20. The maximum atomic E-state index is 12.6. The molecule has 0 saturated heterocycles. The minimum Gasteiger partial charge on any atom is -0.480 e. The number of halogens is 1. The molecule has 0 bridgehead atoms. The van der Waals surface area contributed by atoms with Gasteiger partial charge in [0.05, 0.1) is 4.47 Å². The Hall–Kier alpha value is -1.81. The largest absolute Gasteiger partial charge is 0.480 e. The van der Waals surface area contributed by atoms with Gasteiger partial charge in [-0.05, 0) is 71.4 Å². The number of carbonyl (C=O) groups is 1. The summed E-state index contributed by atoms with van der Waals surface area (Å²) >= 11 is 3.48. The number of nitrogens with one attached hydrogen (secondary N) is 1. The number of ether oxygens (including phenoxy) is 1. The Morgan fingerprint density at radius 1 is 1.12 bits per heavy atom. The molecule has 0 radical (unpaired) electrons. The number of hydrogen-bond acceptors (Lipinski definition) is 2. The highest BCUT2D eigenvalue weighted by molar-refractivity contribution is 9.10. The van der Waals surface area contributed by atoms with Crippen LogP contribution in [0.4, 0.5) is 5.69 Å². The van der Waals surface area contributed by atoms with E-state index in [4.69, 9.17) is 4.74 Å². The number of amides is 1. The molecule has 0 saturated carbocycles. The molecule has 1 N–H and O–H groups in total. The van der Waals surface area contributed by atoms with Crippen LogP contribution in [0.2, 0.25) is 0 Å². The molecule has 0 heterocycles. The van der Waals surface area contributed by atoms with E-state index in [1.807, 2.05) is 44.2 Å². The van der Waals surface area contributed by atoms with Gasteiger partial charge in [0.2, 0.25) is 0 Å². The van der Waals surface area contributed by atoms with E-state index in [1.54, 1.807) is 6.92 Å². The SMILES string of the molecule is Cc1ccc(OC(C)C(=O)Nc2c(C)cccc2C(C)C)c(Br)c1. The van der Waals surface area contributed by atoms with E-state index in [-0.39, 0.29) is 5.91 Å². The number of benzene rings is 2. The van der Waals surface area contributed by atoms with E-state index in [1.165, 1.54) is 0 Å². The maximum Gasteiger partial charge on any atom is 0.265 e. The molecule has 2 rings (SSSR count). The second-order valence-electron chi connectivity index (χ2n) is 6.38. The summed E-state index contributed by atoms with van der Waals surface area (Å²) in [6.45, 7) is 10.0. The lowest BCUT2D eigenvalue weighted by molar-refractivity contribution is -0.122. The van der Waals surface area contributed by atoms with Crippen molar-refractivity contribution in [2.45, 2.75) is 46.6 Å². The molecule has 0 aliphatic rings. The molecule has 1 amide bonds. The fraction of sp³-hybridized carbons (Fsp3) is 0.350. The number of rotatable bonds is 5. The number of carbonyl (C=O) groups excluding carboxylic acids is 1. The van der Waals surface area contributed by atoms with Crippen molar-refractivity contribution in [2.75, 3.05) is 5.32 Å². The summed E-state index contributed by atoms with van der Waals surface area (Å²) in [5, 5.41) is 3.03. The van der Waals surface area contributed by atoms with Gasteiger partial charge in [-0.3, -0.25) is 4.79 Å². The van der Waals surface area contributed by atoms with E-state index in [2.05, 4.69) is 41.2 Å². The molecule has 0 spiro atoms. The standard InChI is InChI=1S/C20H24BrNO2/c1-12(2)16-8-6-7-14(4)19(16)22-20(23)15(5)24-18-10-9-13(3)11-17(18)21/h6-12,15H,1-5H3,(H,22,23). The van der Waals surface area contributed by atoms with E-state index < -0.39 is 6.10 Å². The zero-order valence-corrected chi connectivity index (χ0v) is 16.4. The third-order valence-corrected chi connectivity index (χ3v) is 4.56. The molecule has 24 heavy (non-hydrogen) atoms.